The van der Waals surface area contributed by atoms with Gasteiger partial charge in [0, 0.05) is 6.92 Å². The normalized spacial score (nSPS) is 29.9. The fourth-order valence-electron chi connectivity index (χ4n) is 4.88. The highest BCUT2D eigenvalue weighted by atomic mass is 19.4. The molecule has 2 saturated heterocycles. The topological polar surface area (TPSA) is 114 Å². The number of benzene rings is 2. The van der Waals surface area contributed by atoms with Crippen molar-refractivity contribution in [1.82, 2.24) is 0 Å². The van der Waals surface area contributed by atoms with Crippen molar-refractivity contribution in [3.05, 3.63) is 71.3 Å². The average molecular weight is 450 g/mol. The third kappa shape index (κ3) is 2.99. The number of hydrogen-bond donors (Lipinski definition) is 1. The van der Waals surface area contributed by atoms with Crippen molar-refractivity contribution in [2.75, 3.05) is 0 Å². The molecular weight excluding hydrogens is 433 g/mol. The SMILES string of the molecule is CC12OC(=N)C(C#N)(C1Cc1ccccc1)C(C#N)(C#N)C(c1ccc(C(F)(F)F)cc1)O2. The highest BCUT2D eigenvalue weighted by Crippen LogP contribution is 2.67. The highest BCUT2D eigenvalue weighted by Gasteiger charge is 2.79. The van der Waals surface area contributed by atoms with Gasteiger partial charge in [0.15, 0.2) is 5.41 Å². The van der Waals surface area contributed by atoms with Crippen molar-refractivity contribution in [2.24, 2.45) is 16.7 Å². The van der Waals surface area contributed by atoms with E-state index < -0.39 is 46.3 Å². The van der Waals surface area contributed by atoms with E-state index in [1.165, 1.54) is 6.92 Å². The molecule has 2 fully saturated rings. The first-order valence-corrected chi connectivity index (χ1v) is 9.98. The third-order valence-corrected chi connectivity index (χ3v) is 6.54. The predicted molar refractivity (Wildman–Crippen MR) is 108 cm³/mol. The van der Waals surface area contributed by atoms with E-state index in [4.69, 9.17) is 14.9 Å². The predicted octanol–water partition coefficient (Wildman–Crippen LogP) is 4.90. The zero-order valence-corrected chi connectivity index (χ0v) is 17.3. The molecule has 4 atom stereocenters. The Kier molecular flexibility index (Phi) is 4.96. The maximum absolute atomic E-state index is 13.0. The van der Waals surface area contributed by atoms with E-state index in [1.807, 2.05) is 24.3 Å². The van der Waals surface area contributed by atoms with Crippen LogP contribution in [0.4, 0.5) is 13.2 Å². The van der Waals surface area contributed by atoms with Crippen LogP contribution in [0.1, 0.15) is 29.7 Å². The summed E-state index contributed by atoms with van der Waals surface area (Å²) in [6.07, 6.45) is -5.81. The first kappa shape index (κ1) is 22.3. The molecule has 2 aromatic carbocycles. The summed E-state index contributed by atoms with van der Waals surface area (Å²) >= 11 is 0. The molecular formula is C24H17F3N4O2. The van der Waals surface area contributed by atoms with Gasteiger partial charge in [-0.15, -0.1) is 0 Å². The molecule has 2 heterocycles. The minimum absolute atomic E-state index is 0.105. The van der Waals surface area contributed by atoms with E-state index in [9.17, 15) is 29.0 Å². The summed E-state index contributed by atoms with van der Waals surface area (Å²) < 4.78 is 50.9. The van der Waals surface area contributed by atoms with Crippen molar-refractivity contribution < 1.29 is 22.6 Å². The van der Waals surface area contributed by atoms with Gasteiger partial charge in [0.05, 0.1) is 29.7 Å². The van der Waals surface area contributed by atoms with Crippen molar-refractivity contribution in [1.29, 1.82) is 21.2 Å². The van der Waals surface area contributed by atoms with Crippen LogP contribution in [-0.2, 0) is 22.1 Å². The van der Waals surface area contributed by atoms with E-state index in [0.29, 0.717) is 0 Å². The number of nitriles is 3. The van der Waals surface area contributed by atoms with Crippen molar-refractivity contribution in [2.45, 2.75) is 31.4 Å². The van der Waals surface area contributed by atoms with Gasteiger partial charge >= 0.3 is 6.18 Å². The summed E-state index contributed by atoms with van der Waals surface area (Å²) in [4.78, 5) is 0. The molecule has 0 saturated carbocycles. The quantitative estimate of drug-likeness (QED) is 0.714. The second-order valence-electron chi connectivity index (χ2n) is 8.26. The van der Waals surface area contributed by atoms with Crippen LogP contribution in [-0.4, -0.2) is 11.7 Å². The molecule has 6 nitrogen and oxygen atoms in total. The fraction of sp³-hybridized carbons (Fsp3) is 0.333. The summed E-state index contributed by atoms with van der Waals surface area (Å²) in [7, 11) is 0. The summed E-state index contributed by atoms with van der Waals surface area (Å²) in [5, 5.41) is 39.3. The highest BCUT2D eigenvalue weighted by molar-refractivity contribution is 5.89. The van der Waals surface area contributed by atoms with Gasteiger partial charge in [-0.05, 0) is 29.7 Å². The van der Waals surface area contributed by atoms with E-state index in [0.717, 1.165) is 29.8 Å². The largest absolute Gasteiger partial charge is 0.448 e. The minimum Gasteiger partial charge on any atom is -0.448 e. The lowest BCUT2D eigenvalue weighted by Crippen LogP contribution is -2.59. The van der Waals surface area contributed by atoms with Crippen LogP contribution >= 0.6 is 0 Å². The Bertz CT molecular complexity index is 1210. The van der Waals surface area contributed by atoms with Gasteiger partial charge in [-0.25, -0.2) is 0 Å². The Morgan fingerprint density at radius 3 is 2.09 bits per heavy atom. The Labute approximate surface area is 187 Å². The van der Waals surface area contributed by atoms with Crippen LogP contribution in [0.3, 0.4) is 0 Å². The van der Waals surface area contributed by atoms with Gasteiger partial charge in [0.1, 0.15) is 6.10 Å². The molecule has 2 aliphatic heterocycles. The number of rotatable bonds is 3. The average Bonchev–Trinajstić information content (AvgIpc) is 2.96. The van der Waals surface area contributed by atoms with Gasteiger partial charge in [-0.3, -0.25) is 5.41 Å². The number of ether oxygens (including phenoxy) is 2. The Morgan fingerprint density at radius 1 is 0.970 bits per heavy atom. The maximum atomic E-state index is 13.0. The third-order valence-electron chi connectivity index (χ3n) is 6.54. The fourth-order valence-corrected chi connectivity index (χ4v) is 4.88. The molecule has 4 unspecified atom stereocenters. The smallest absolute Gasteiger partial charge is 0.416 e. The number of hydrogen-bond acceptors (Lipinski definition) is 6. The molecule has 0 radical (unpaired) electrons. The Hall–Kier alpha value is -3.87. The summed E-state index contributed by atoms with van der Waals surface area (Å²) in [6, 6.07) is 18.7. The van der Waals surface area contributed by atoms with E-state index >= 15 is 0 Å². The summed E-state index contributed by atoms with van der Waals surface area (Å²) in [6.45, 7) is 1.52. The van der Waals surface area contributed by atoms with Gasteiger partial charge in [0.25, 0.3) is 0 Å². The molecule has 0 spiro atoms. The molecule has 9 heteroatoms. The van der Waals surface area contributed by atoms with E-state index in [2.05, 4.69) is 0 Å². The zero-order valence-electron chi connectivity index (χ0n) is 17.3. The molecule has 33 heavy (non-hydrogen) atoms. The lowest BCUT2D eigenvalue weighted by Gasteiger charge is -2.48. The minimum atomic E-state index is -4.57. The lowest BCUT2D eigenvalue weighted by atomic mass is 9.52. The number of halogens is 3. The second-order valence-corrected chi connectivity index (χ2v) is 8.26. The molecule has 2 aromatic rings. The van der Waals surface area contributed by atoms with Crippen molar-refractivity contribution in [3.8, 4) is 18.2 Å². The molecule has 0 aliphatic carbocycles. The zero-order chi connectivity index (χ0) is 24.1. The number of alkyl halides is 3. The molecule has 1 N–H and O–H groups in total. The summed E-state index contributed by atoms with van der Waals surface area (Å²) in [5.41, 5.74) is -4.26. The molecule has 0 amide bonds. The van der Waals surface area contributed by atoms with Gasteiger partial charge in [-0.2, -0.15) is 29.0 Å². The number of nitrogens with zero attached hydrogens (tertiary/aromatic N) is 3. The van der Waals surface area contributed by atoms with Crippen LogP contribution < -0.4 is 0 Å². The second kappa shape index (κ2) is 7.33. The van der Waals surface area contributed by atoms with Crippen LogP contribution in [0.2, 0.25) is 0 Å². The Morgan fingerprint density at radius 2 is 1.58 bits per heavy atom. The monoisotopic (exact) mass is 450 g/mol. The standard InChI is InChI=1S/C24H17F3N4O2/c1-21-18(11-15-5-3-2-4-6-15)23(14-30,20(31)33-21)22(12-28,13-29)19(32-21)16-7-9-17(10-8-16)24(25,26)27/h2-10,18-19,31H,11H2,1H3. The van der Waals surface area contributed by atoms with E-state index in [1.54, 1.807) is 24.3 Å². The van der Waals surface area contributed by atoms with Crippen molar-refractivity contribution >= 4 is 5.90 Å². The molecule has 2 bridgehead atoms. The number of fused-ring (bicyclic) bond motifs is 2. The van der Waals surface area contributed by atoms with Crippen LogP contribution in [0.5, 0.6) is 0 Å². The van der Waals surface area contributed by atoms with Gasteiger partial charge in [-0.1, -0.05) is 42.5 Å². The maximum Gasteiger partial charge on any atom is 0.416 e. The van der Waals surface area contributed by atoms with Gasteiger partial charge in [0.2, 0.25) is 17.1 Å². The van der Waals surface area contributed by atoms with E-state index in [-0.39, 0.29) is 12.0 Å². The van der Waals surface area contributed by atoms with Gasteiger partial charge < -0.3 is 9.47 Å². The molecule has 2 aliphatic rings. The first-order chi connectivity index (χ1) is 15.6. The lowest BCUT2D eigenvalue weighted by molar-refractivity contribution is -0.272. The van der Waals surface area contributed by atoms with Crippen LogP contribution in [0.15, 0.2) is 54.6 Å². The van der Waals surface area contributed by atoms with Crippen molar-refractivity contribution in [3.63, 3.8) is 0 Å². The molecule has 0 aromatic heterocycles. The molecule has 166 valence electrons. The van der Waals surface area contributed by atoms with Crippen LogP contribution in [0, 0.1) is 56.2 Å². The van der Waals surface area contributed by atoms with Crippen LogP contribution in [0.25, 0.3) is 0 Å². The first-order valence-electron chi connectivity index (χ1n) is 9.98. The Balaban J connectivity index is 1.89. The summed E-state index contributed by atoms with van der Waals surface area (Å²) in [5.74, 6) is -3.02. The molecule has 4 rings (SSSR count). The number of nitrogens with one attached hydrogen (secondary N) is 1.